The molecule has 0 aromatic rings. The molecule has 2 unspecified atom stereocenters. The number of nitrogens with one attached hydrogen (secondary N) is 1. The van der Waals surface area contributed by atoms with Gasteiger partial charge in [0.2, 0.25) is 5.91 Å². The number of carbonyl (C=O) groups is 3. The van der Waals surface area contributed by atoms with Crippen molar-refractivity contribution >= 4 is 41.3 Å². The second-order valence-electron chi connectivity index (χ2n) is 4.64. The monoisotopic (exact) mass is 328 g/mol. The Morgan fingerprint density at radius 2 is 2.33 bits per heavy atom. The van der Waals surface area contributed by atoms with Crippen LogP contribution in [0.15, 0.2) is 23.9 Å². The predicted octanol–water partition coefficient (Wildman–Crippen LogP) is 0.664. The van der Waals surface area contributed by atoms with Gasteiger partial charge < -0.3 is 10.4 Å². The third-order valence-electron chi connectivity index (χ3n) is 3.21. The first-order valence-corrected chi connectivity index (χ1v) is 8.74. The molecule has 0 aromatic heterocycles. The van der Waals surface area contributed by atoms with Gasteiger partial charge in [-0.2, -0.15) is 11.8 Å². The smallest absolute Gasteiger partial charge is 0.352 e. The van der Waals surface area contributed by atoms with Gasteiger partial charge >= 0.3 is 5.97 Å². The summed E-state index contributed by atoms with van der Waals surface area (Å²) in [5.41, 5.74) is 0.827. The van der Waals surface area contributed by atoms with Crippen molar-refractivity contribution in [3.63, 3.8) is 0 Å². The molecule has 0 saturated carbocycles. The maximum atomic E-state index is 12.2. The third-order valence-corrected chi connectivity index (χ3v) is 5.19. The second kappa shape index (κ2) is 6.57. The van der Waals surface area contributed by atoms with Crippen LogP contribution in [-0.2, 0) is 14.4 Å². The fourth-order valence-corrected chi connectivity index (χ4v) is 4.39. The molecule has 6 nitrogen and oxygen atoms in total. The van der Waals surface area contributed by atoms with E-state index in [1.807, 2.05) is 6.26 Å². The van der Waals surface area contributed by atoms with E-state index in [2.05, 4.69) is 11.9 Å². The Morgan fingerprint density at radius 1 is 1.62 bits per heavy atom. The number of nitrogens with zero attached hydrogens (tertiary/aromatic N) is 1. The minimum atomic E-state index is -1.09. The lowest BCUT2D eigenvalue weighted by atomic mass is 10.0. The van der Waals surface area contributed by atoms with Crippen LogP contribution in [0.4, 0.5) is 0 Å². The number of fused-ring (bicyclic) bond motifs is 1. The third kappa shape index (κ3) is 2.96. The maximum Gasteiger partial charge on any atom is 0.352 e. The lowest BCUT2D eigenvalue weighted by molar-refractivity contribution is -0.150. The van der Waals surface area contributed by atoms with Crippen LogP contribution in [0.5, 0.6) is 0 Å². The zero-order valence-corrected chi connectivity index (χ0v) is 13.1. The van der Waals surface area contributed by atoms with E-state index < -0.39 is 12.0 Å². The highest BCUT2D eigenvalue weighted by molar-refractivity contribution is 8.00. The fourth-order valence-electron chi connectivity index (χ4n) is 2.33. The van der Waals surface area contributed by atoms with Crippen molar-refractivity contribution in [2.24, 2.45) is 0 Å². The first-order valence-electron chi connectivity index (χ1n) is 6.30. The molecule has 1 fully saturated rings. The Labute approximate surface area is 131 Å². The van der Waals surface area contributed by atoms with Crippen LogP contribution in [-0.4, -0.2) is 57.0 Å². The minimum absolute atomic E-state index is 0.0762. The number of amides is 2. The fraction of sp³-hybridized carbons (Fsp3) is 0.462. The molecular weight excluding hydrogens is 312 g/mol. The number of hydrogen-bond donors (Lipinski definition) is 2. The molecule has 2 rings (SSSR count). The largest absolute Gasteiger partial charge is 0.477 e. The van der Waals surface area contributed by atoms with Gasteiger partial charge in [0.25, 0.3) is 5.91 Å². The van der Waals surface area contributed by atoms with Gasteiger partial charge in [-0.25, -0.2) is 4.79 Å². The van der Waals surface area contributed by atoms with Crippen molar-refractivity contribution in [1.82, 2.24) is 10.2 Å². The number of hydrogen-bond acceptors (Lipinski definition) is 5. The number of β-lactam (4-membered cyclic amide) rings is 1. The van der Waals surface area contributed by atoms with Crippen molar-refractivity contribution in [3.8, 4) is 0 Å². The van der Waals surface area contributed by atoms with Crippen molar-refractivity contribution < 1.29 is 19.5 Å². The Bertz CT molecular complexity index is 532. The summed E-state index contributed by atoms with van der Waals surface area (Å²) in [6.45, 7) is 3.47. The van der Waals surface area contributed by atoms with Gasteiger partial charge in [-0.3, -0.25) is 14.5 Å². The lowest BCUT2D eigenvalue weighted by Gasteiger charge is -2.49. The van der Waals surface area contributed by atoms with Gasteiger partial charge in [-0.05, 0) is 11.8 Å². The number of rotatable bonds is 6. The minimum Gasteiger partial charge on any atom is -0.477 e. The van der Waals surface area contributed by atoms with E-state index in [0.717, 1.165) is 5.57 Å². The van der Waals surface area contributed by atoms with Crippen molar-refractivity contribution in [1.29, 1.82) is 0 Å². The maximum absolute atomic E-state index is 12.2. The number of carbonyl (C=O) groups excluding carboxylic acids is 2. The van der Waals surface area contributed by atoms with E-state index in [4.69, 9.17) is 0 Å². The van der Waals surface area contributed by atoms with Crippen LogP contribution in [0.25, 0.3) is 0 Å². The molecule has 2 N–H and O–H groups in total. The zero-order valence-electron chi connectivity index (χ0n) is 11.5. The van der Waals surface area contributed by atoms with Crippen LogP contribution in [0, 0.1) is 0 Å². The number of aliphatic carboxylic acids is 1. The highest BCUT2D eigenvalue weighted by atomic mass is 32.2. The molecule has 2 atom stereocenters. The topological polar surface area (TPSA) is 86.7 Å². The quantitative estimate of drug-likeness (QED) is 0.550. The van der Waals surface area contributed by atoms with Gasteiger partial charge in [0.1, 0.15) is 17.1 Å². The molecule has 1 saturated heterocycles. The Morgan fingerprint density at radius 3 is 2.90 bits per heavy atom. The van der Waals surface area contributed by atoms with E-state index in [9.17, 15) is 19.5 Å². The SMILES string of the molecule is C=CCC(=O)NC1C(=O)N2C(C(=O)O)=C(CSC)CSC12. The molecule has 21 heavy (non-hydrogen) atoms. The predicted molar refractivity (Wildman–Crippen MR) is 82.9 cm³/mol. The molecule has 2 aliphatic rings. The number of thioether (sulfide) groups is 2. The summed E-state index contributed by atoms with van der Waals surface area (Å²) in [7, 11) is 0. The number of carboxylic acid groups (broad SMARTS) is 1. The van der Waals surface area contributed by atoms with Crippen LogP contribution in [0.1, 0.15) is 6.42 Å². The first-order chi connectivity index (χ1) is 10.0. The van der Waals surface area contributed by atoms with Crippen molar-refractivity contribution in [2.75, 3.05) is 17.8 Å². The van der Waals surface area contributed by atoms with Crippen LogP contribution in [0.2, 0.25) is 0 Å². The highest BCUT2D eigenvalue weighted by Crippen LogP contribution is 2.40. The average Bonchev–Trinajstić information content (AvgIpc) is 2.44. The molecule has 2 amide bonds. The van der Waals surface area contributed by atoms with Gasteiger partial charge in [0.15, 0.2) is 0 Å². The molecule has 0 spiro atoms. The van der Waals surface area contributed by atoms with E-state index in [1.54, 1.807) is 0 Å². The Hall–Kier alpha value is -1.41. The van der Waals surface area contributed by atoms with E-state index >= 15 is 0 Å². The van der Waals surface area contributed by atoms with Crippen LogP contribution >= 0.6 is 23.5 Å². The van der Waals surface area contributed by atoms with Gasteiger partial charge in [-0.15, -0.1) is 18.3 Å². The summed E-state index contributed by atoms with van der Waals surface area (Å²) in [6.07, 6.45) is 3.49. The standard InChI is InChI=1S/C13H16N2O4S2/c1-3-4-8(16)14-9-11(17)15-10(13(18)19)7(5-20-2)6-21-12(9)15/h3,9,12H,1,4-6H2,2H3,(H,14,16)(H,18,19). The van der Waals surface area contributed by atoms with E-state index in [-0.39, 0.29) is 29.3 Å². The molecular formula is C13H16N2O4S2. The van der Waals surface area contributed by atoms with E-state index in [0.29, 0.717) is 11.5 Å². The van der Waals surface area contributed by atoms with Crippen molar-refractivity contribution in [3.05, 3.63) is 23.9 Å². The highest BCUT2D eigenvalue weighted by Gasteiger charge is 2.53. The van der Waals surface area contributed by atoms with Crippen LogP contribution in [0.3, 0.4) is 0 Å². The molecule has 2 heterocycles. The average molecular weight is 328 g/mol. The summed E-state index contributed by atoms with van der Waals surface area (Å²) in [5, 5.41) is 11.7. The lowest BCUT2D eigenvalue weighted by Crippen LogP contribution is -2.70. The molecule has 8 heteroatoms. The first kappa shape index (κ1) is 16.0. The summed E-state index contributed by atoms with van der Waals surface area (Å²) < 4.78 is 0. The van der Waals surface area contributed by atoms with Crippen LogP contribution < -0.4 is 5.32 Å². The summed E-state index contributed by atoms with van der Waals surface area (Å²) in [6, 6.07) is -0.646. The molecule has 0 aliphatic carbocycles. The normalized spacial score (nSPS) is 24.2. The molecule has 2 aliphatic heterocycles. The molecule has 0 radical (unpaired) electrons. The molecule has 114 valence electrons. The summed E-state index contributed by atoms with van der Waals surface area (Å²) in [5.74, 6) is -0.586. The summed E-state index contributed by atoms with van der Waals surface area (Å²) >= 11 is 3.01. The van der Waals surface area contributed by atoms with Crippen molar-refractivity contribution in [2.45, 2.75) is 17.8 Å². The molecule has 0 bridgehead atoms. The number of carboxylic acids is 1. The van der Waals surface area contributed by atoms with Gasteiger partial charge in [0, 0.05) is 17.9 Å². The Kier molecular flexibility index (Phi) is 5.00. The zero-order chi connectivity index (χ0) is 15.6. The molecule has 0 aromatic carbocycles. The van der Waals surface area contributed by atoms with Gasteiger partial charge in [-0.1, -0.05) is 6.08 Å². The van der Waals surface area contributed by atoms with Gasteiger partial charge in [0.05, 0.1) is 0 Å². The van der Waals surface area contributed by atoms with E-state index in [1.165, 1.54) is 34.5 Å². The second-order valence-corrected chi connectivity index (χ2v) is 6.61. The summed E-state index contributed by atoms with van der Waals surface area (Å²) in [4.78, 5) is 36.5. The Balaban J connectivity index is 2.17.